The first-order valence-electron chi connectivity index (χ1n) is 6.89. The minimum absolute atomic E-state index is 0.0464. The van der Waals surface area contributed by atoms with Crippen LogP contribution in [0.25, 0.3) is 10.9 Å². The lowest BCUT2D eigenvalue weighted by molar-refractivity contribution is 0.0945. The predicted molar refractivity (Wildman–Crippen MR) is 77.0 cm³/mol. The molecule has 2 aromatic rings. The fraction of sp³-hybridized carbons (Fsp3) is 0.400. The van der Waals surface area contributed by atoms with Crippen molar-refractivity contribution in [3.05, 3.63) is 30.0 Å². The van der Waals surface area contributed by atoms with Gasteiger partial charge < -0.3 is 16.0 Å². The summed E-state index contributed by atoms with van der Waals surface area (Å²) in [5.41, 5.74) is 7.97. The topological polar surface area (TPSA) is 70.9 Å². The molecule has 0 atom stereocenters. The van der Waals surface area contributed by atoms with Crippen molar-refractivity contribution in [3.63, 3.8) is 0 Å². The Hall–Kier alpha value is -1.97. The highest BCUT2D eigenvalue weighted by atomic mass is 16.1. The first-order chi connectivity index (χ1) is 9.24. The molecule has 0 radical (unpaired) electrons. The van der Waals surface area contributed by atoms with Crippen molar-refractivity contribution in [1.82, 2.24) is 10.3 Å². The summed E-state index contributed by atoms with van der Waals surface area (Å²) in [6, 6.07) is 7.53. The molecule has 1 aliphatic rings. The molecule has 0 bridgehead atoms. The monoisotopic (exact) mass is 257 g/mol. The van der Waals surface area contributed by atoms with Gasteiger partial charge >= 0.3 is 0 Å². The average Bonchev–Trinajstić information content (AvgIpc) is 2.77. The van der Waals surface area contributed by atoms with Gasteiger partial charge in [-0.25, -0.2) is 0 Å². The molecule has 1 aromatic carbocycles. The highest BCUT2D eigenvalue weighted by Gasteiger charge is 2.17. The van der Waals surface area contributed by atoms with Gasteiger partial charge in [-0.2, -0.15) is 0 Å². The van der Waals surface area contributed by atoms with Crippen LogP contribution in [-0.2, 0) is 0 Å². The van der Waals surface area contributed by atoms with Crippen molar-refractivity contribution in [1.29, 1.82) is 0 Å². The van der Waals surface area contributed by atoms with E-state index in [1.165, 1.54) is 19.3 Å². The van der Waals surface area contributed by atoms with Gasteiger partial charge in [0, 0.05) is 11.9 Å². The van der Waals surface area contributed by atoms with E-state index >= 15 is 0 Å². The standard InChI is InChI=1S/C15H19N3O/c16-12-6-2-5-11-9-13(18-14(11)12)15(19)17-8-7-10-3-1-4-10/h2,5-6,9-10,18H,1,3-4,7-8,16H2,(H,17,19). The largest absolute Gasteiger partial charge is 0.397 e. The molecule has 1 saturated carbocycles. The number of aromatic amines is 1. The molecule has 0 saturated heterocycles. The van der Waals surface area contributed by atoms with Crippen LogP contribution in [0.4, 0.5) is 5.69 Å². The number of rotatable bonds is 4. The van der Waals surface area contributed by atoms with Crippen LogP contribution >= 0.6 is 0 Å². The fourth-order valence-electron chi connectivity index (χ4n) is 2.57. The summed E-state index contributed by atoms with van der Waals surface area (Å²) in [6.07, 6.45) is 5.07. The van der Waals surface area contributed by atoms with E-state index in [0.717, 1.165) is 29.8 Å². The lowest BCUT2D eigenvalue weighted by Crippen LogP contribution is -2.27. The number of nitrogens with two attached hydrogens (primary N) is 1. The van der Waals surface area contributed by atoms with Gasteiger partial charge in [-0.05, 0) is 24.5 Å². The lowest BCUT2D eigenvalue weighted by atomic mass is 9.83. The molecule has 3 rings (SSSR count). The number of benzene rings is 1. The highest BCUT2D eigenvalue weighted by Crippen LogP contribution is 2.28. The molecule has 0 unspecified atom stereocenters. The Kier molecular flexibility index (Phi) is 3.15. The van der Waals surface area contributed by atoms with Crippen LogP contribution in [0.15, 0.2) is 24.3 Å². The first-order valence-corrected chi connectivity index (χ1v) is 6.89. The number of nitrogens with one attached hydrogen (secondary N) is 2. The Morgan fingerprint density at radius 2 is 2.26 bits per heavy atom. The zero-order valence-electron chi connectivity index (χ0n) is 10.9. The van der Waals surface area contributed by atoms with Crippen molar-refractivity contribution >= 4 is 22.5 Å². The number of hydrogen-bond donors (Lipinski definition) is 3. The molecule has 4 nitrogen and oxygen atoms in total. The van der Waals surface area contributed by atoms with Crippen LogP contribution < -0.4 is 11.1 Å². The van der Waals surface area contributed by atoms with Gasteiger partial charge in [-0.15, -0.1) is 0 Å². The molecule has 1 aromatic heterocycles. The molecular formula is C15H19N3O. The summed E-state index contributed by atoms with van der Waals surface area (Å²) >= 11 is 0. The van der Waals surface area contributed by atoms with Gasteiger partial charge in [-0.3, -0.25) is 4.79 Å². The van der Waals surface area contributed by atoms with E-state index < -0.39 is 0 Å². The normalized spacial score (nSPS) is 15.4. The number of para-hydroxylation sites is 1. The smallest absolute Gasteiger partial charge is 0.267 e. The second kappa shape index (κ2) is 4.96. The molecule has 4 N–H and O–H groups in total. The Bertz CT molecular complexity index is 598. The molecule has 0 spiro atoms. The second-order valence-corrected chi connectivity index (χ2v) is 5.34. The SMILES string of the molecule is Nc1cccc2cc(C(=O)NCCC3CCC3)[nH]c12. The third-order valence-corrected chi connectivity index (χ3v) is 4.00. The number of amides is 1. The minimum Gasteiger partial charge on any atom is -0.397 e. The highest BCUT2D eigenvalue weighted by molar-refractivity contribution is 6.00. The summed E-state index contributed by atoms with van der Waals surface area (Å²) in [5.74, 6) is 0.772. The maximum absolute atomic E-state index is 12.0. The molecule has 1 amide bonds. The summed E-state index contributed by atoms with van der Waals surface area (Å²) in [6.45, 7) is 0.758. The van der Waals surface area contributed by atoms with Gasteiger partial charge in [0.15, 0.2) is 0 Å². The number of aromatic nitrogens is 1. The van der Waals surface area contributed by atoms with Gasteiger partial charge in [0.2, 0.25) is 0 Å². The predicted octanol–water partition coefficient (Wildman–Crippen LogP) is 2.67. The molecular weight excluding hydrogens is 238 g/mol. The molecule has 19 heavy (non-hydrogen) atoms. The number of anilines is 1. The van der Waals surface area contributed by atoms with Crippen LogP contribution in [0.1, 0.15) is 36.2 Å². The molecule has 100 valence electrons. The van der Waals surface area contributed by atoms with E-state index in [9.17, 15) is 4.79 Å². The van der Waals surface area contributed by atoms with E-state index in [1.54, 1.807) is 0 Å². The third-order valence-electron chi connectivity index (χ3n) is 4.00. The van der Waals surface area contributed by atoms with Crippen LogP contribution in [0, 0.1) is 5.92 Å². The van der Waals surface area contributed by atoms with Crippen molar-refractivity contribution in [2.24, 2.45) is 5.92 Å². The quantitative estimate of drug-likeness (QED) is 0.737. The summed E-state index contributed by atoms with van der Waals surface area (Å²) in [4.78, 5) is 15.1. The molecule has 1 fully saturated rings. The van der Waals surface area contributed by atoms with Gasteiger partial charge in [0.05, 0.1) is 11.2 Å². The van der Waals surface area contributed by atoms with Crippen LogP contribution in [0.5, 0.6) is 0 Å². The summed E-state index contributed by atoms with van der Waals surface area (Å²) in [5, 5.41) is 3.94. The van der Waals surface area contributed by atoms with Gasteiger partial charge in [0.25, 0.3) is 5.91 Å². The van der Waals surface area contributed by atoms with Crippen molar-refractivity contribution in [3.8, 4) is 0 Å². The number of fused-ring (bicyclic) bond motifs is 1. The van der Waals surface area contributed by atoms with E-state index in [4.69, 9.17) is 5.73 Å². The average molecular weight is 257 g/mol. The summed E-state index contributed by atoms with van der Waals surface area (Å²) < 4.78 is 0. The Labute approximate surface area is 112 Å². The number of hydrogen-bond acceptors (Lipinski definition) is 2. The molecule has 0 aliphatic heterocycles. The Balaban J connectivity index is 1.65. The van der Waals surface area contributed by atoms with Crippen LogP contribution in [-0.4, -0.2) is 17.4 Å². The van der Waals surface area contributed by atoms with Crippen molar-refractivity contribution < 1.29 is 4.79 Å². The lowest BCUT2D eigenvalue weighted by Gasteiger charge is -2.25. The third kappa shape index (κ3) is 2.43. The maximum Gasteiger partial charge on any atom is 0.267 e. The van der Waals surface area contributed by atoms with E-state index in [2.05, 4.69) is 10.3 Å². The Morgan fingerprint density at radius 1 is 1.42 bits per heavy atom. The number of nitrogen functional groups attached to an aromatic ring is 1. The first kappa shape index (κ1) is 12.1. The fourth-order valence-corrected chi connectivity index (χ4v) is 2.57. The van der Waals surface area contributed by atoms with Crippen LogP contribution in [0.2, 0.25) is 0 Å². The van der Waals surface area contributed by atoms with Crippen molar-refractivity contribution in [2.75, 3.05) is 12.3 Å². The zero-order valence-corrected chi connectivity index (χ0v) is 10.9. The van der Waals surface area contributed by atoms with E-state index in [-0.39, 0.29) is 5.91 Å². The molecule has 1 aliphatic carbocycles. The minimum atomic E-state index is -0.0464. The van der Waals surface area contributed by atoms with Crippen LogP contribution in [0.3, 0.4) is 0 Å². The molecule has 4 heteroatoms. The van der Waals surface area contributed by atoms with E-state index in [1.807, 2.05) is 24.3 Å². The Morgan fingerprint density at radius 3 is 2.95 bits per heavy atom. The number of carbonyl (C=O) groups excluding carboxylic acids is 1. The maximum atomic E-state index is 12.0. The van der Waals surface area contributed by atoms with Gasteiger partial charge in [0.1, 0.15) is 5.69 Å². The van der Waals surface area contributed by atoms with Crippen molar-refractivity contribution in [2.45, 2.75) is 25.7 Å². The van der Waals surface area contributed by atoms with E-state index in [0.29, 0.717) is 11.4 Å². The number of H-pyrrole nitrogens is 1. The van der Waals surface area contributed by atoms with Gasteiger partial charge in [-0.1, -0.05) is 31.4 Å². The second-order valence-electron chi connectivity index (χ2n) is 5.34. The number of carbonyl (C=O) groups is 1. The summed E-state index contributed by atoms with van der Waals surface area (Å²) in [7, 11) is 0. The zero-order chi connectivity index (χ0) is 13.2. The molecule has 1 heterocycles.